The summed E-state index contributed by atoms with van der Waals surface area (Å²) in [4.78, 5) is 22.3. The molecule has 0 saturated heterocycles. The number of amides is 2. The van der Waals surface area contributed by atoms with Gasteiger partial charge in [0.15, 0.2) is 0 Å². The van der Waals surface area contributed by atoms with Gasteiger partial charge in [-0.2, -0.15) is 5.10 Å². The second-order valence-electron chi connectivity index (χ2n) is 4.64. The lowest BCUT2D eigenvalue weighted by molar-refractivity contribution is -0.121. The third-order valence-electron chi connectivity index (χ3n) is 2.87. The van der Waals surface area contributed by atoms with Crippen LogP contribution < -0.4 is 10.6 Å². The van der Waals surface area contributed by atoms with Gasteiger partial charge in [0.2, 0.25) is 11.8 Å². The van der Waals surface area contributed by atoms with Gasteiger partial charge in [-0.25, -0.2) is 4.68 Å². The maximum Gasteiger partial charge on any atom is 0.222 e. The van der Waals surface area contributed by atoms with E-state index in [9.17, 15) is 9.59 Å². The molecule has 0 aliphatic heterocycles. The van der Waals surface area contributed by atoms with Crippen LogP contribution >= 0.6 is 0 Å². The van der Waals surface area contributed by atoms with Crippen LogP contribution in [0.2, 0.25) is 0 Å². The number of nitrogens with zero attached hydrogens (tertiary/aromatic N) is 2. The highest BCUT2D eigenvalue weighted by Crippen LogP contribution is 2.07. The van der Waals surface area contributed by atoms with Crippen molar-refractivity contribution in [2.24, 2.45) is 0 Å². The molecule has 2 rings (SSSR count). The highest BCUT2D eigenvalue weighted by molar-refractivity contribution is 5.77. The molecule has 6 nitrogen and oxygen atoms in total. The zero-order valence-corrected chi connectivity index (χ0v) is 11.9. The number of hydrogen-bond donors (Lipinski definition) is 2. The van der Waals surface area contributed by atoms with Crippen LogP contribution in [0.25, 0.3) is 5.69 Å². The number of nitrogens with one attached hydrogen (secondary N) is 2. The summed E-state index contributed by atoms with van der Waals surface area (Å²) in [6.07, 6.45) is 3.87. The maximum absolute atomic E-state index is 11.6. The second kappa shape index (κ2) is 7.23. The van der Waals surface area contributed by atoms with E-state index in [1.54, 1.807) is 10.9 Å². The lowest BCUT2D eigenvalue weighted by Crippen LogP contribution is -2.29. The Hall–Kier alpha value is -2.63. The molecule has 1 aromatic heterocycles. The number of para-hydroxylation sites is 1. The smallest absolute Gasteiger partial charge is 0.222 e. The Morgan fingerprint density at radius 3 is 2.67 bits per heavy atom. The molecule has 1 heterocycles. The fourth-order valence-corrected chi connectivity index (χ4v) is 1.81. The van der Waals surface area contributed by atoms with Gasteiger partial charge in [0.1, 0.15) is 0 Å². The summed E-state index contributed by atoms with van der Waals surface area (Å²) in [6.45, 7) is 2.20. The van der Waals surface area contributed by atoms with Gasteiger partial charge in [-0.3, -0.25) is 9.59 Å². The molecule has 0 saturated carbocycles. The molecule has 0 fully saturated rings. The molecule has 1 aromatic carbocycles. The largest absolute Gasteiger partial charge is 0.356 e. The zero-order chi connectivity index (χ0) is 15.1. The van der Waals surface area contributed by atoms with Crippen LogP contribution in [0.15, 0.2) is 42.7 Å². The molecule has 0 atom stereocenters. The van der Waals surface area contributed by atoms with Crippen molar-refractivity contribution in [3.8, 4) is 5.69 Å². The minimum atomic E-state index is -0.132. The van der Waals surface area contributed by atoms with Crippen molar-refractivity contribution in [3.05, 3.63) is 48.3 Å². The number of carbonyl (C=O) groups is 2. The van der Waals surface area contributed by atoms with Crippen LogP contribution in [0.3, 0.4) is 0 Å². The van der Waals surface area contributed by atoms with Crippen LogP contribution in [0, 0.1) is 0 Å². The standard InChI is InChI=1S/C15H18N4O2/c1-12(20)16-8-7-15(21)17-9-13-10-18-19(11-13)14-5-3-2-4-6-14/h2-6,10-11H,7-9H2,1H3,(H,16,20)(H,17,21). The van der Waals surface area contributed by atoms with E-state index in [4.69, 9.17) is 0 Å². The van der Waals surface area contributed by atoms with E-state index in [0.29, 0.717) is 13.1 Å². The van der Waals surface area contributed by atoms with Gasteiger partial charge in [0, 0.05) is 38.2 Å². The number of aromatic nitrogens is 2. The predicted molar refractivity (Wildman–Crippen MR) is 78.7 cm³/mol. The van der Waals surface area contributed by atoms with Crippen molar-refractivity contribution in [1.29, 1.82) is 0 Å². The molecule has 110 valence electrons. The number of hydrogen-bond acceptors (Lipinski definition) is 3. The fraction of sp³-hybridized carbons (Fsp3) is 0.267. The summed E-state index contributed by atoms with van der Waals surface area (Å²) in [7, 11) is 0. The van der Waals surface area contributed by atoms with Gasteiger partial charge >= 0.3 is 0 Å². The van der Waals surface area contributed by atoms with Crippen molar-refractivity contribution in [2.45, 2.75) is 19.9 Å². The third-order valence-corrected chi connectivity index (χ3v) is 2.87. The van der Waals surface area contributed by atoms with E-state index in [0.717, 1.165) is 11.3 Å². The van der Waals surface area contributed by atoms with Crippen LogP contribution in [0.1, 0.15) is 18.9 Å². The summed E-state index contributed by atoms with van der Waals surface area (Å²) in [5.41, 5.74) is 1.90. The molecule has 2 aromatic rings. The predicted octanol–water partition coefficient (Wildman–Crippen LogP) is 1.01. The van der Waals surface area contributed by atoms with Gasteiger partial charge in [0.25, 0.3) is 0 Å². The quantitative estimate of drug-likeness (QED) is 0.832. The molecule has 2 amide bonds. The molecule has 0 bridgehead atoms. The van der Waals surface area contributed by atoms with Crippen LogP contribution in [-0.4, -0.2) is 28.1 Å². The molecule has 0 aliphatic carbocycles. The summed E-state index contributed by atoms with van der Waals surface area (Å²) >= 11 is 0. The monoisotopic (exact) mass is 286 g/mol. The van der Waals surface area contributed by atoms with Crippen molar-refractivity contribution in [1.82, 2.24) is 20.4 Å². The highest BCUT2D eigenvalue weighted by atomic mass is 16.2. The first-order chi connectivity index (χ1) is 10.1. The van der Waals surface area contributed by atoms with Gasteiger partial charge < -0.3 is 10.6 Å². The Morgan fingerprint density at radius 2 is 1.95 bits per heavy atom. The molecular weight excluding hydrogens is 268 g/mol. The average Bonchev–Trinajstić information content (AvgIpc) is 2.94. The number of rotatable bonds is 6. The average molecular weight is 286 g/mol. The minimum Gasteiger partial charge on any atom is -0.356 e. The normalized spacial score (nSPS) is 10.1. The lowest BCUT2D eigenvalue weighted by atomic mass is 10.3. The lowest BCUT2D eigenvalue weighted by Gasteiger charge is -2.04. The summed E-state index contributed by atoms with van der Waals surface area (Å²) < 4.78 is 1.76. The summed E-state index contributed by atoms with van der Waals surface area (Å²) in [6, 6.07) is 9.76. The highest BCUT2D eigenvalue weighted by Gasteiger charge is 2.04. The van der Waals surface area contributed by atoms with Crippen LogP contribution in [-0.2, 0) is 16.1 Å². The Morgan fingerprint density at radius 1 is 1.19 bits per heavy atom. The molecule has 0 unspecified atom stereocenters. The van der Waals surface area contributed by atoms with Gasteiger partial charge in [0.05, 0.1) is 11.9 Å². The molecule has 21 heavy (non-hydrogen) atoms. The summed E-state index contributed by atoms with van der Waals surface area (Å²) in [5.74, 6) is -0.233. The molecule has 0 radical (unpaired) electrons. The first-order valence-electron chi connectivity index (χ1n) is 6.75. The number of carbonyl (C=O) groups excluding carboxylic acids is 2. The molecule has 2 N–H and O–H groups in total. The summed E-state index contributed by atoms with van der Waals surface area (Å²) in [5, 5.41) is 9.64. The molecule has 6 heteroatoms. The Labute approximate surface area is 123 Å². The van der Waals surface area contributed by atoms with E-state index in [2.05, 4.69) is 15.7 Å². The number of benzene rings is 1. The topological polar surface area (TPSA) is 76.0 Å². The van der Waals surface area contributed by atoms with Crippen molar-refractivity contribution in [3.63, 3.8) is 0 Å². The first-order valence-corrected chi connectivity index (χ1v) is 6.75. The van der Waals surface area contributed by atoms with Crippen molar-refractivity contribution >= 4 is 11.8 Å². The van der Waals surface area contributed by atoms with E-state index in [1.807, 2.05) is 36.5 Å². The minimum absolute atomic E-state index is 0.101. The Balaban J connectivity index is 1.80. The zero-order valence-electron chi connectivity index (χ0n) is 11.9. The molecular formula is C15H18N4O2. The van der Waals surface area contributed by atoms with E-state index in [1.165, 1.54) is 6.92 Å². The fourth-order valence-electron chi connectivity index (χ4n) is 1.81. The van der Waals surface area contributed by atoms with Crippen molar-refractivity contribution < 1.29 is 9.59 Å². The van der Waals surface area contributed by atoms with Gasteiger partial charge in [-0.15, -0.1) is 0 Å². The Bertz CT molecular complexity index is 607. The van der Waals surface area contributed by atoms with E-state index >= 15 is 0 Å². The SMILES string of the molecule is CC(=O)NCCC(=O)NCc1cnn(-c2ccccc2)c1. The third kappa shape index (κ3) is 4.76. The van der Waals surface area contributed by atoms with Gasteiger partial charge in [-0.1, -0.05) is 18.2 Å². The van der Waals surface area contributed by atoms with Crippen molar-refractivity contribution in [2.75, 3.05) is 6.54 Å². The maximum atomic E-state index is 11.6. The van der Waals surface area contributed by atoms with Gasteiger partial charge in [-0.05, 0) is 12.1 Å². The van der Waals surface area contributed by atoms with E-state index < -0.39 is 0 Å². The van der Waals surface area contributed by atoms with Crippen LogP contribution in [0.5, 0.6) is 0 Å². The first kappa shape index (κ1) is 14.8. The second-order valence-corrected chi connectivity index (χ2v) is 4.64. The molecule has 0 aliphatic rings. The molecule has 0 spiro atoms. The van der Waals surface area contributed by atoms with E-state index in [-0.39, 0.29) is 18.2 Å². The van der Waals surface area contributed by atoms with Crippen LogP contribution in [0.4, 0.5) is 0 Å². The Kier molecular flexibility index (Phi) is 5.09.